The number of rotatable bonds is 6. The van der Waals surface area contributed by atoms with E-state index in [1.807, 2.05) is 6.07 Å². The highest BCUT2D eigenvalue weighted by atomic mass is 16.5. The van der Waals surface area contributed by atoms with Crippen LogP contribution in [0.1, 0.15) is 5.56 Å². The van der Waals surface area contributed by atoms with Crippen LogP contribution in [0.25, 0.3) is 76.5 Å². The molecule has 0 radical (unpaired) electrons. The van der Waals surface area contributed by atoms with Crippen LogP contribution in [-0.2, 0) is 6.61 Å². The molecule has 0 aliphatic heterocycles. The number of hydrogen-bond donors (Lipinski definition) is 0. The van der Waals surface area contributed by atoms with Gasteiger partial charge in [-0.2, -0.15) is 0 Å². The van der Waals surface area contributed by atoms with Crippen molar-refractivity contribution in [2.45, 2.75) is 6.61 Å². The summed E-state index contributed by atoms with van der Waals surface area (Å²) in [5.74, 6) is 0.890. The van der Waals surface area contributed by atoms with Gasteiger partial charge in [0.1, 0.15) is 12.4 Å². The molecule has 0 aliphatic carbocycles. The smallest absolute Gasteiger partial charge is 0.127 e. The van der Waals surface area contributed by atoms with E-state index in [2.05, 4.69) is 176 Å². The van der Waals surface area contributed by atoms with Gasteiger partial charge in [-0.25, -0.2) is 0 Å². The second-order valence-electron chi connectivity index (χ2n) is 12.5. The largest absolute Gasteiger partial charge is 0.488 e. The average Bonchev–Trinajstić information content (AvgIpc) is 3.17. The van der Waals surface area contributed by atoms with Gasteiger partial charge in [0.25, 0.3) is 0 Å². The van der Waals surface area contributed by atoms with E-state index >= 15 is 0 Å². The maximum Gasteiger partial charge on any atom is 0.127 e. The van der Waals surface area contributed by atoms with Crippen molar-refractivity contribution in [1.29, 1.82) is 0 Å². The van der Waals surface area contributed by atoms with Gasteiger partial charge in [0, 0.05) is 5.39 Å². The van der Waals surface area contributed by atoms with Crippen LogP contribution in [0.4, 0.5) is 0 Å². The van der Waals surface area contributed by atoms with Crippen LogP contribution in [0.5, 0.6) is 5.75 Å². The molecule has 0 spiro atoms. The zero-order valence-electron chi connectivity index (χ0n) is 26.4. The molecular weight excluding hydrogens is 581 g/mol. The average molecular weight is 613 g/mol. The fourth-order valence-electron chi connectivity index (χ4n) is 7.10. The topological polar surface area (TPSA) is 9.23 Å². The Hall–Kier alpha value is -6.18. The Bertz CT molecular complexity index is 2600. The minimum absolute atomic E-state index is 0.520. The third-order valence-electron chi connectivity index (χ3n) is 9.57. The first-order chi connectivity index (χ1) is 23.8. The number of hydrogen-bond acceptors (Lipinski definition) is 1. The van der Waals surface area contributed by atoms with E-state index in [4.69, 9.17) is 4.74 Å². The van der Waals surface area contributed by atoms with Crippen molar-refractivity contribution >= 4 is 43.1 Å². The van der Waals surface area contributed by atoms with Gasteiger partial charge < -0.3 is 4.74 Å². The quantitative estimate of drug-likeness (QED) is 0.170. The molecular formula is C47H32O. The number of ether oxygens (including phenoxy) is 1. The Morgan fingerprint density at radius 1 is 0.312 bits per heavy atom. The third-order valence-corrected chi connectivity index (χ3v) is 9.57. The van der Waals surface area contributed by atoms with Crippen molar-refractivity contribution in [1.82, 2.24) is 0 Å². The SMILES string of the molecule is c1ccc(COc2ccc(-c3cc4ccccc4c4ccccc34)c3cc(-c4ccc(-c5ccc6ccccc6c5)cc4)ccc23)cc1. The van der Waals surface area contributed by atoms with E-state index in [9.17, 15) is 0 Å². The molecule has 9 aromatic carbocycles. The van der Waals surface area contributed by atoms with E-state index in [0.717, 1.165) is 16.7 Å². The molecule has 0 unspecified atom stereocenters. The van der Waals surface area contributed by atoms with Gasteiger partial charge in [-0.05, 0) is 101 Å². The second-order valence-corrected chi connectivity index (χ2v) is 12.5. The van der Waals surface area contributed by atoms with Crippen LogP contribution in [0.2, 0.25) is 0 Å². The molecule has 0 saturated carbocycles. The highest BCUT2D eigenvalue weighted by Gasteiger charge is 2.15. The summed E-state index contributed by atoms with van der Waals surface area (Å²) in [4.78, 5) is 0. The standard InChI is InChI=1S/C47H32O/c1-2-10-32(11-3-1)31-48-47-27-26-43(45-30-39-14-6-7-15-40(39)41-16-8-9-17-42(41)45)46-29-38(24-25-44(46)47)35-20-18-34(19-21-35)37-23-22-33-12-4-5-13-36(33)28-37/h1-30H,31H2. The van der Waals surface area contributed by atoms with Gasteiger partial charge in [-0.15, -0.1) is 0 Å². The molecule has 9 rings (SSSR count). The van der Waals surface area contributed by atoms with Gasteiger partial charge in [-0.3, -0.25) is 0 Å². The lowest BCUT2D eigenvalue weighted by molar-refractivity contribution is 0.310. The molecule has 0 N–H and O–H groups in total. The Morgan fingerprint density at radius 2 is 0.917 bits per heavy atom. The molecule has 9 aromatic rings. The van der Waals surface area contributed by atoms with Gasteiger partial charge in [0.05, 0.1) is 0 Å². The lowest BCUT2D eigenvalue weighted by Crippen LogP contribution is -1.97. The van der Waals surface area contributed by atoms with Gasteiger partial charge in [0.15, 0.2) is 0 Å². The summed E-state index contributed by atoms with van der Waals surface area (Å²) in [5, 5.41) is 9.84. The molecule has 0 saturated heterocycles. The predicted molar refractivity (Wildman–Crippen MR) is 204 cm³/mol. The fraction of sp³-hybridized carbons (Fsp3) is 0.0213. The normalized spacial score (nSPS) is 11.4. The van der Waals surface area contributed by atoms with E-state index < -0.39 is 0 Å². The molecule has 1 heteroatoms. The van der Waals surface area contributed by atoms with Gasteiger partial charge >= 0.3 is 0 Å². The van der Waals surface area contributed by atoms with Crippen molar-refractivity contribution in [2.75, 3.05) is 0 Å². The van der Waals surface area contributed by atoms with Crippen molar-refractivity contribution in [3.8, 4) is 39.1 Å². The molecule has 48 heavy (non-hydrogen) atoms. The van der Waals surface area contributed by atoms with Crippen molar-refractivity contribution in [2.24, 2.45) is 0 Å². The Balaban J connectivity index is 1.18. The molecule has 0 aromatic heterocycles. The fourth-order valence-corrected chi connectivity index (χ4v) is 7.10. The molecule has 0 bridgehead atoms. The summed E-state index contributed by atoms with van der Waals surface area (Å²) >= 11 is 0. The minimum Gasteiger partial charge on any atom is -0.488 e. The molecule has 0 amide bonds. The van der Waals surface area contributed by atoms with Gasteiger partial charge in [0.2, 0.25) is 0 Å². The Morgan fingerprint density at radius 3 is 1.71 bits per heavy atom. The molecule has 0 fully saturated rings. The lowest BCUT2D eigenvalue weighted by atomic mass is 9.89. The first-order valence-corrected chi connectivity index (χ1v) is 16.5. The van der Waals surface area contributed by atoms with Crippen molar-refractivity contribution in [3.05, 3.63) is 188 Å². The van der Waals surface area contributed by atoms with Gasteiger partial charge in [-0.1, -0.05) is 158 Å². The second kappa shape index (κ2) is 11.9. The summed E-state index contributed by atoms with van der Waals surface area (Å²) in [7, 11) is 0. The van der Waals surface area contributed by atoms with Crippen LogP contribution in [0, 0.1) is 0 Å². The summed E-state index contributed by atoms with van der Waals surface area (Å²) in [6.45, 7) is 0.520. The van der Waals surface area contributed by atoms with E-state index in [1.165, 1.54) is 71.1 Å². The molecule has 226 valence electrons. The highest BCUT2D eigenvalue weighted by molar-refractivity contribution is 6.16. The summed E-state index contributed by atoms with van der Waals surface area (Å²) in [6.07, 6.45) is 0. The predicted octanol–water partition coefficient (Wildman–Crippen LogP) is 12.9. The number of fused-ring (bicyclic) bond motifs is 5. The Labute approximate surface area is 280 Å². The maximum absolute atomic E-state index is 6.49. The zero-order valence-corrected chi connectivity index (χ0v) is 26.4. The first-order valence-electron chi connectivity index (χ1n) is 16.5. The lowest BCUT2D eigenvalue weighted by Gasteiger charge is -2.17. The third kappa shape index (κ3) is 5.07. The molecule has 0 atom stereocenters. The monoisotopic (exact) mass is 612 g/mol. The zero-order chi connectivity index (χ0) is 31.9. The first kappa shape index (κ1) is 28.1. The minimum atomic E-state index is 0.520. The van der Waals surface area contributed by atoms with Crippen LogP contribution in [0.15, 0.2) is 182 Å². The van der Waals surface area contributed by atoms with E-state index in [-0.39, 0.29) is 0 Å². The van der Waals surface area contributed by atoms with Crippen LogP contribution >= 0.6 is 0 Å². The number of benzene rings is 9. The van der Waals surface area contributed by atoms with Crippen LogP contribution in [-0.4, -0.2) is 0 Å². The van der Waals surface area contributed by atoms with E-state index in [1.54, 1.807) is 0 Å². The van der Waals surface area contributed by atoms with Crippen molar-refractivity contribution in [3.63, 3.8) is 0 Å². The highest BCUT2D eigenvalue weighted by Crippen LogP contribution is 2.42. The Kier molecular flexibility index (Phi) is 6.95. The summed E-state index contributed by atoms with van der Waals surface area (Å²) < 4.78 is 6.49. The summed E-state index contributed by atoms with van der Waals surface area (Å²) in [5.41, 5.74) is 8.39. The maximum atomic E-state index is 6.49. The molecule has 0 heterocycles. The molecule has 0 aliphatic rings. The van der Waals surface area contributed by atoms with Crippen LogP contribution < -0.4 is 4.74 Å². The summed E-state index contributed by atoms with van der Waals surface area (Å²) in [6, 6.07) is 65.5. The molecule has 1 nitrogen and oxygen atoms in total. The van der Waals surface area contributed by atoms with Crippen LogP contribution in [0.3, 0.4) is 0 Å². The van der Waals surface area contributed by atoms with Crippen molar-refractivity contribution < 1.29 is 4.74 Å². The van der Waals surface area contributed by atoms with E-state index in [0.29, 0.717) is 6.61 Å².